The largest absolute Gasteiger partial charge is 0.391 e. The summed E-state index contributed by atoms with van der Waals surface area (Å²) in [5.41, 5.74) is 3.02. The average molecular weight is 318 g/mol. The summed E-state index contributed by atoms with van der Waals surface area (Å²) in [4.78, 5) is 16.6. The highest BCUT2D eigenvalue weighted by Gasteiger charge is 2.06. The van der Waals surface area contributed by atoms with E-state index >= 15 is 0 Å². The lowest BCUT2D eigenvalue weighted by molar-refractivity contribution is -0.110. The molecular weight excluding hydrogens is 302 g/mol. The van der Waals surface area contributed by atoms with Gasteiger partial charge < -0.3 is 10.2 Å². The third-order valence-electron chi connectivity index (χ3n) is 2.95. The highest BCUT2D eigenvalue weighted by Crippen LogP contribution is 2.14. The van der Waals surface area contributed by atoms with Crippen molar-refractivity contribution in [3.8, 4) is 0 Å². The van der Waals surface area contributed by atoms with Crippen molar-refractivity contribution >= 4 is 17.8 Å². The van der Waals surface area contributed by atoms with Gasteiger partial charge in [0.05, 0.1) is 5.69 Å². The zero-order valence-electron chi connectivity index (χ0n) is 12.8. The molecule has 2 rings (SSSR count). The molecule has 4 nitrogen and oxygen atoms in total. The van der Waals surface area contributed by atoms with E-state index in [2.05, 4.69) is 10.5 Å². The Morgan fingerprint density at radius 1 is 1.17 bits per heavy atom. The first kappa shape index (κ1) is 16.6. The summed E-state index contributed by atoms with van der Waals surface area (Å²) >= 11 is 0. The van der Waals surface area contributed by atoms with Crippen LogP contribution in [0.15, 0.2) is 41.6 Å². The van der Waals surface area contributed by atoms with E-state index < -0.39 is 17.5 Å². The van der Waals surface area contributed by atoms with Crippen LogP contribution >= 0.6 is 0 Å². The van der Waals surface area contributed by atoms with E-state index in [4.69, 9.17) is 4.84 Å². The number of carbonyl (C=O) groups excluding carboxylic acids is 1. The van der Waals surface area contributed by atoms with Crippen molar-refractivity contribution in [1.82, 2.24) is 0 Å². The number of hydrogen-bond donors (Lipinski definition) is 1. The van der Waals surface area contributed by atoms with E-state index in [0.29, 0.717) is 6.07 Å². The van der Waals surface area contributed by atoms with Crippen LogP contribution in [0.3, 0.4) is 0 Å². The molecule has 1 N–H and O–H groups in total. The number of rotatable bonds is 5. The van der Waals surface area contributed by atoms with Gasteiger partial charge in [0, 0.05) is 6.07 Å². The highest BCUT2D eigenvalue weighted by atomic mass is 19.1. The number of nitrogens with one attached hydrogen (secondary N) is 1. The number of aryl methyl sites for hydroxylation is 2. The number of anilines is 1. The Kier molecular flexibility index (Phi) is 5.41. The molecule has 1 amide bonds. The smallest absolute Gasteiger partial charge is 0.270 e. The summed E-state index contributed by atoms with van der Waals surface area (Å²) in [5.74, 6) is -2.25. The number of hydrogen-bond acceptors (Lipinski definition) is 3. The van der Waals surface area contributed by atoms with Crippen LogP contribution in [-0.4, -0.2) is 12.1 Å². The maximum atomic E-state index is 13.4. The SMILES string of the molecule is Cc1cc(C)cc(CO/N=C/C(=O)Nc2ccc(F)cc2F)c1. The van der Waals surface area contributed by atoms with E-state index in [0.717, 1.165) is 35.0 Å². The molecule has 0 radical (unpaired) electrons. The molecule has 0 aliphatic carbocycles. The molecule has 2 aromatic carbocycles. The van der Waals surface area contributed by atoms with Crippen LogP contribution in [0.5, 0.6) is 0 Å². The Hall–Kier alpha value is -2.76. The van der Waals surface area contributed by atoms with Crippen molar-refractivity contribution in [1.29, 1.82) is 0 Å². The number of amides is 1. The third-order valence-corrected chi connectivity index (χ3v) is 2.95. The zero-order valence-corrected chi connectivity index (χ0v) is 12.8. The van der Waals surface area contributed by atoms with Crippen LogP contribution in [0, 0.1) is 25.5 Å². The fourth-order valence-electron chi connectivity index (χ4n) is 2.11. The number of carbonyl (C=O) groups is 1. The number of halogens is 2. The molecule has 0 aromatic heterocycles. The molecule has 0 saturated carbocycles. The summed E-state index contributed by atoms with van der Waals surface area (Å²) < 4.78 is 26.1. The molecule has 0 heterocycles. The summed E-state index contributed by atoms with van der Waals surface area (Å²) in [6, 6.07) is 8.81. The van der Waals surface area contributed by atoms with Crippen LogP contribution in [0.4, 0.5) is 14.5 Å². The van der Waals surface area contributed by atoms with Gasteiger partial charge in [-0.05, 0) is 31.5 Å². The molecule has 2 aromatic rings. The second-order valence-corrected chi connectivity index (χ2v) is 5.12. The number of benzene rings is 2. The first-order valence-corrected chi connectivity index (χ1v) is 6.92. The van der Waals surface area contributed by atoms with Crippen molar-refractivity contribution in [2.24, 2.45) is 5.16 Å². The minimum Gasteiger partial charge on any atom is -0.391 e. The van der Waals surface area contributed by atoms with Crippen molar-refractivity contribution in [3.63, 3.8) is 0 Å². The molecule has 0 bridgehead atoms. The predicted molar refractivity (Wildman–Crippen MR) is 84.2 cm³/mol. The Labute approximate surface area is 132 Å². The molecule has 0 aliphatic heterocycles. The molecule has 0 aliphatic rings. The Balaban J connectivity index is 1.86. The van der Waals surface area contributed by atoms with Crippen LogP contribution < -0.4 is 5.32 Å². The van der Waals surface area contributed by atoms with Gasteiger partial charge in [-0.1, -0.05) is 34.5 Å². The normalized spacial score (nSPS) is 10.8. The standard InChI is InChI=1S/C17H16F2N2O2/c1-11-5-12(2)7-13(6-11)10-23-20-9-17(22)21-16-4-3-14(18)8-15(16)19/h3-9H,10H2,1-2H3,(H,21,22)/b20-9+. The molecular formula is C17H16F2N2O2. The summed E-state index contributed by atoms with van der Waals surface area (Å²) in [7, 11) is 0. The molecule has 0 unspecified atom stereocenters. The topological polar surface area (TPSA) is 50.7 Å². The van der Waals surface area contributed by atoms with Crippen LogP contribution in [0.1, 0.15) is 16.7 Å². The minimum absolute atomic E-state index is 0.128. The molecule has 0 fully saturated rings. The van der Waals surface area contributed by atoms with Crippen molar-refractivity contribution < 1.29 is 18.4 Å². The first-order chi connectivity index (χ1) is 10.9. The van der Waals surface area contributed by atoms with Gasteiger partial charge in [0.2, 0.25) is 0 Å². The monoisotopic (exact) mass is 318 g/mol. The van der Waals surface area contributed by atoms with E-state index in [1.165, 1.54) is 0 Å². The molecule has 0 saturated heterocycles. The van der Waals surface area contributed by atoms with Crippen molar-refractivity contribution in [2.45, 2.75) is 20.5 Å². The van der Waals surface area contributed by atoms with Gasteiger partial charge in [-0.2, -0.15) is 0 Å². The maximum absolute atomic E-state index is 13.4. The Bertz CT molecular complexity index is 725. The quantitative estimate of drug-likeness (QED) is 0.675. The van der Waals surface area contributed by atoms with E-state index in [9.17, 15) is 13.6 Å². The summed E-state index contributed by atoms with van der Waals surface area (Å²) in [6.45, 7) is 4.17. The lowest BCUT2D eigenvalue weighted by atomic mass is 10.1. The number of oxime groups is 1. The van der Waals surface area contributed by atoms with Gasteiger partial charge in [-0.25, -0.2) is 8.78 Å². The summed E-state index contributed by atoms with van der Waals surface area (Å²) in [5, 5.41) is 5.78. The maximum Gasteiger partial charge on any atom is 0.270 e. The Morgan fingerprint density at radius 3 is 2.52 bits per heavy atom. The van der Waals surface area contributed by atoms with Crippen LogP contribution in [0.25, 0.3) is 0 Å². The zero-order chi connectivity index (χ0) is 16.8. The lowest BCUT2D eigenvalue weighted by Crippen LogP contribution is -2.14. The summed E-state index contributed by atoms with van der Waals surface area (Å²) in [6.07, 6.45) is 0.894. The average Bonchev–Trinajstić information content (AvgIpc) is 2.46. The minimum atomic E-state index is -0.858. The molecule has 6 heteroatoms. The fourth-order valence-corrected chi connectivity index (χ4v) is 2.11. The van der Waals surface area contributed by atoms with Gasteiger partial charge in [0.15, 0.2) is 0 Å². The van der Waals surface area contributed by atoms with Gasteiger partial charge in [0.1, 0.15) is 24.5 Å². The van der Waals surface area contributed by atoms with E-state index in [-0.39, 0.29) is 12.3 Å². The number of nitrogens with zero attached hydrogens (tertiary/aromatic N) is 1. The van der Waals surface area contributed by atoms with E-state index in [1.807, 2.05) is 32.0 Å². The molecule has 120 valence electrons. The first-order valence-electron chi connectivity index (χ1n) is 6.92. The van der Waals surface area contributed by atoms with Crippen LogP contribution in [-0.2, 0) is 16.2 Å². The van der Waals surface area contributed by atoms with Gasteiger partial charge in [-0.3, -0.25) is 4.79 Å². The van der Waals surface area contributed by atoms with Gasteiger partial charge >= 0.3 is 0 Å². The van der Waals surface area contributed by atoms with Crippen LogP contribution in [0.2, 0.25) is 0 Å². The van der Waals surface area contributed by atoms with Gasteiger partial charge in [-0.15, -0.1) is 0 Å². The molecule has 23 heavy (non-hydrogen) atoms. The Morgan fingerprint density at radius 2 is 1.87 bits per heavy atom. The molecule has 0 spiro atoms. The fraction of sp³-hybridized carbons (Fsp3) is 0.176. The third kappa shape index (κ3) is 5.18. The highest BCUT2D eigenvalue weighted by molar-refractivity contribution is 6.31. The second-order valence-electron chi connectivity index (χ2n) is 5.12. The van der Waals surface area contributed by atoms with E-state index in [1.54, 1.807) is 0 Å². The lowest BCUT2D eigenvalue weighted by Gasteiger charge is -2.04. The van der Waals surface area contributed by atoms with Crippen molar-refractivity contribution in [2.75, 3.05) is 5.32 Å². The van der Waals surface area contributed by atoms with Gasteiger partial charge in [0.25, 0.3) is 5.91 Å². The molecule has 0 atom stereocenters. The predicted octanol–water partition coefficient (Wildman–Crippen LogP) is 3.72. The second kappa shape index (κ2) is 7.49. The van der Waals surface area contributed by atoms with Crippen molar-refractivity contribution in [3.05, 3.63) is 64.7 Å².